The van der Waals surface area contributed by atoms with Gasteiger partial charge in [-0.3, -0.25) is 14.5 Å². The first kappa shape index (κ1) is 19.4. The Kier molecular flexibility index (Phi) is 7.82. The number of likely N-dealkylation sites (tertiary alicyclic amines) is 1. The van der Waals surface area contributed by atoms with Crippen molar-refractivity contribution in [2.75, 3.05) is 26.7 Å². The zero-order valence-electron chi connectivity index (χ0n) is 12.3. The highest BCUT2D eigenvalue weighted by molar-refractivity contribution is 9.10. The molecule has 1 aliphatic heterocycles. The molecule has 0 saturated carbocycles. The molecular formula is C14H20BrClN2O3S. The number of halogens is 2. The summed E-state index contributed by atoms with van der Waals surface area (Å²) in [7, 11) is 1.81. The predicted octanol–water partition coefficient (Wildman–Crippen LogP) is 2.69. The van der Waals surface area contributed by atoms with Gasteiger partial charge in [-0.05, 0) is 47.9 Å². The number of thiophene rings is 1. The van der Waals surface area contributed by atoms with Crippen LogP contribution < -0.4 is 0 Å². The number of carbonyl (C=O) groups excluding carboxylic acids is 1. The van der Waals surface area contributed by atoms with Crippen molar-refractivity contribution in [1.82, 2.24) is 9.80 Å². The molecule has 1 aromatic heterocycles. The molecule has 0 aromatic carbocycles. The maximum Gasteiger partial charge on any atom is 0.306 e. The minimum atomic E-state index is -0.721. The molecule has 5 nitrogen and oxygen atoms in total. The molecule has 2 rings (SSSR count). The van der Waals surface area contributed by atoms with Crippen LogP contribution in [0, 0.1) is 5.92 Å². The molecule has 0 spiro atoms. The van der Waals surface area contributed by atoms with E-state index in [1.54, 1.807) is 23.3 Å². The lowest BCUT2D eigenvalue weighted by atomic mass is 9.97. The first-order valence-electron chi connectivity index (χ1n) is 6.87. The largest absolute Gasteiger partial charge is 0.481 e. The van der Waals surface area contributed by atoms with E-state index in [1.165, 1.54) is 0 Å². The van der Waals surface area contributed by atoms with Gasteiger partial charge >= 0.3 is 5.97 Å². The van der Waals surface area contributed by atoms with E-state index < -0.39 is 5.97 Å². The molecule has 1 N–H and O–H groups in total. The van der Waals surface area contributed by atoms with Gasteiger partial charge in [-0.2, -0.15) is 0 Å². The molecular weight excluding hydrogens is 392 g/mol. The van der Waals surface area contributed by atoms with E-state index in [1.807, 2.05) is 16.3 Å². The summed E-state index contributed by atoms with van der Waals surface area (Å²) >= 11 is 5.03. The van der Waals surface area contributed by atoms with Crippen LogP contribution in [0.2, 0.25) is 0 Å². The van der Waals surface area contributed by atoms with E-state index in [0.717, 1.165) is 9.35 Å². The number of likely N-dealkylation sites (N-methyl/N-ethyl adjacent to an activating group) is 1. The molecule has 0 radical (unpaired) electrons. The van der Waals surface area contributed by atoms with Gasteiger partial charge in [0.25, 0.3) is 0 Å². The maximum absolute atomic E-state index is 12.2. The van der Waals surface area contributed by atoms with Crippen molar-refractivity contribution in [3.8, 4) is 0 Å². The van der Waals surface area contributed by atoms with Crippen LogP contribution >= 0.6 is 39.7 Å². The van der Waals surface area contributed by atoms with Gasteiger partial charge in [-0.25, -0.2) is 0 Å². The van der Waals surface area contributed by atoms with Crippen LogP contribution in [0.4, 0.5) is 0 Å². The second-order valence-corrected chi connectivity index (χ2v) is 7.28. The molecule has 0 bridgehead atoms. The fourth-order valence-electron chi connectivity index (χ4n) is 2.41. The third kappa shape index (κ3) is 5.53. The van der Waals surface area contributed by atoms with Crippen LogP contribution in [0.15, 0.2) is 15.9 Å². The lowest BCUT2D eigenvalue weighted by molar-refractivity contribution is -0.143. The first-order valence-corrected chi connectivity index (χ1v) is 8.55. The Labute approximate surface area is 148 Å². The number of carboxylic acid groups (broad SMARTS) is 1. The van der Waals surface area contributed by atoms with Gasteiger partial charge in [0.05, 0.1) is 19.0 Å². The van der Waals surface area contributed by atoms with Crippen LogP contribution in [0.3, 0.4) is 0 Å². The van der Waals surface area contributed by atoms with Crippen LogP contribution in [-0.4, -0.2) is 53.5 Å². The number of nitrogens with zero attached hydrogens (tertiary/aromatic N) is 2. The second-order valence-electron chi connectivity index (χ2n) is 5.37. The fourth-order valence-corrected chi connectivity index (χ4v) is 3.91. The summed E-state index contributed by atoms with van der Waals surface area (Å²) in [6, 6.07) is 2.02. The smallest absolute Gasteiger partial charge is 0.306 e. The Balaban J connectivity index is 0.00000242. The summed E-state index contributed by atoms with van der Waals surface area (Å²) in [5, 5.41) is 11.0. The van der Waals surface area contributed by atoms with E-state index in [-0.39, 0.29) is 24.2 Å². The van der Waals surface area contributed by atoms with Gasteiger partial charge in [-0.15, -0.1) is 23.7 Å². The molecule has 1 amide bonds. The SMILES string of the molecule is CN(Cc1cc(Br)cs1)C(=O)CN1CCC(C(=O)O)CC1.Cl. The second kappa shape index (κ2) is 8.86. The zero-order valence-corrected chi connectivity index (χ0v) is 15.5. The van der Waals surface area contributed by atoms with Gasteiger partial charge in [-0.1, -0.05) is 0 Å². The Bertz CT molecular complexity index is 518. The number of aliphatic carboxylic acids is 1. The van der Waals surface area contributed by atoms with Crippen LogP contribution in [0.5, 0.6) is 0 Å². The fraction of sp³-hybridized carbons (Fsp3) is 0.571. The van der Waals surface area contributed by atoms with Crippen molar-refractivity contribution in [2.24, 2.45) is 5.92 Å². The van der Waals surface area contributed by atoms with E-state index in [4.69, 9.17) is 5.11 Å². The van der Waals surface area contributed by atoms with E-state index >= 15 is 0 Å². The lowest BCUT2D eigenvalue weighted by Gasteiger charge is -2.30. The Hall–Kier alpha value is -0.630. The van der Waals surface area contributed by atoms with Crippen molar-refractivity contribution < 1.29 is 14.7 Å². The summed E-state index contributed by atoms with van der Waals surface area (Å²) in [6.45, 7) is 2.35. The Morgan fingerprint density at radius 1 is 1.45 bits per heavy atom. The number of carboxylic acids is 1. The topological polar surface area (TPSA) is 60.9 Å². The van der Waals surface area contributed by atoms with E-state index in [9.17, 15) is 9.59 Å². The average molecular weight is 412 g/mol. The monoisotopic (exact) mass is 410 g/mol. The third-order valence-corrected chi connectivity index (χ3v) is 5.42. The standard InChI is InChI=1S/C14H19BrN2O3S.ClH/c1-16(7-12-6-11(15)9-21-12)13(18)8-17-4-2-10(3-5-17)14(19)20;/h6,9-10H,2-5,7-8H2,1H3,(H,19,20);1H. The zero-order chi connectivity index (χ0) is 15.4. The molecule has 2 heterocycles. The highest BCUT2D eigenvalue weighted by Gasteiger charge is 2.26. The van der Waals surface area contributed by atoms with Crippen molar-refractivity contribution in [1.29, 1.82) is 0 Å². The number of piperidine rings is 1. The number of hydrogen-bond donors (Lipinski definition) is 1. The minimum absolute atomic E-state index is 0. The highest BCUT2D eigenvalue weighted by Crippen LogP contribution is 2.21. The molecule has 1 fully saturated rings. The van der Waals surface area contributed by atoms with Crippen LogP contribution in [0.25, 0.3) is 0 Å². The van der Waals surface area contributed by atoms with Gasteiger partial charge < -0.3 is 10.0 Å². The minimum Gasteiger partial charge on any atom is -0.481 e. The summed E-state index contributed by atoms with van der Waals surface area (Å²) in [5.74, 6) is -0.896. The van der Waals surface area contributed by atoms with Crippen LogP contribution in [0.1, 0.15) is 17.7 Å². The van der Waals surface area contributed by atoms with Crippen LogP contribution in [-0.2, 0) is 16.1 Å². The summed E-state index contributed by atoms with van der Waals surface area (Å²) in [5.41, 5.74) is 0. The Morgan fingerprint density at radius 3 is 2.59 bits per heavy atom. The molecule has 1 aromatic rings. The molecule has 124 valence electrons. The number of rotatable bonds is 5. The average Bonchev–Trinajstić information content (AvgIpc) is 2.84. The van der Waals surface area contributed by atoms with Gasteiger partial charge in [0.1, 0.15) is 0 Å². The predicted molar refractivity (Wildman–Crippen MR) is 92.5 cm³/mol. The van der Waals surface area contributed by atoms with E-state index in [2.05, 4.69) is 15.9 Å². The van der Waals surface area contributed by atoms with Crippen molar-refractivity contribution in [2.45, 2.75) is 19.4 Å². The molecule has 0 atom stereocenters. The van der Waals surface area contributed by atoms with Gasteiger partial charge in [0, 0.05) is 21.8 Å². The normalized spacial score (nSPS) is 16.1. The number of carbonyl (C=O) groups is 2. The van der Waals surface area contributed by atoms with Crippen molar-refractivity contribution in [3.63, 3.8) is 0 Å². The van der Waals surface area contributed by atoms with Crippen molar-refractivity contribution in [3.05, 3.63) is 20.8 Å². The summed E-state index contributed by atoms with van der Waals surface area (Å²) < 4.78 is 1.04. The molecule has 22 heavy (non-hydrogen) atoms. The number of hydrogen-bond acceptors (Lipinski definition) is 4. The summed E-state index contributed by atoms with van der Waals surface area (Å²) in [4.78, 5) is 28.0. The molecule has 1 aliphatic rings. The lowest BCUT2D eigenvalue weighted by Crippen LogP contribution is -2.43. The third-order valence-electron chi connectivity index (χ3n) is 3.74. The highest BCUT2D eigenvalue weighted by atomic mass is 79.9. The maximum atomic E-state index is 12.2. The van der Waals surface area contributed by atoms with Crippen molar-refractivity contribution >= 4 is 51.6 Å². The van der Waals surface area contributed by atoms with Gasteiger partial charge in [0.15, 0.2) is 0 Å². The molecule has 8 heteroatoms. The summed E-state index contributed by atoms with van der Waals surface area (Å²) in [6.07, 6.45) is 1.26. The van der Waals surface area contributed by atoms with Gasteiger partial charge in [0.2, 0.25) is 5.91 Å². The molecule has 0 aliphatic carbocycles. The molecule has 1 saturated heterocycles. The number of amides is 1. The first-order chi connectivity index (χ1) is 9.95. The molecule has 0 unspecified atom stereocenters. The van der Waals surface area contributed by atoms with E-state index in [0.29, 0.717) is 39.0 Å². The Morgan fingerprint density at radius 2 is 2.09 bits per heavy atom. The quantitative estimate of drug-likeness (QED) is 0.809.